The summed E-state index contributed by atoms with van der Waals surface area (Å²) in [6, 6.07) is 0. The Morgan fingerprint density at radius 2 is 1.44 bits per heavy atom. The molecule has 0 N–H and O–H groups in total. The first kappa shape index (κ1) is 25.9. The average Bonchev–Trinajstić information content (AvgIpc) is 2.58. The number of hydrogen-bond acceptors (Lipinski definition) is 2. The van der Waals surface area contributed by atoms with Crippen LogP contribution in [0.2, 0.25) is 0 Å². The standard InChI is InChI=1S/C20H33F5O2/c1-3-5-6-7-8-11-14-17(18(26)27-4-2)15-12-9-10-13-16-19(21,22)20(23,24)25/h3,17H,1,4-16H2,2H3. The molecule has 0 spiro atoms. The minimum atomic E-state index is -5.48. The zero-order chi connectivity index (χ0) is 20.8. The fourth-order valence-electron chi connectivity index (χ4n) is 2.91. The Labute approximate surface area is 159 Å². The Morgan fingerprint density at radius 3 is 1.93 bits per heavy atom. The predicted octanol–water partition coefficient (Wildman–Crippen LogP) is 7.23. The molecule has 0 amide bonds. The maximum atomic E-state index is 12.8. The van der Waals surface area contributed by atoms with E-state index in [0.29, 0.717) is 32.3 Å². The first-order chi connectivity index (χ1) is 12.7. The number of allylic oxidation sites excluding steroid dienone is 1. The Hall–Kier alpha value is -1.14. The molecule has 1 unspecified atom stereocenters. The molecule has 0 rings (SSSR count). The highest BCUT2D eigenvalue weighted by atomic mass is 19.4. The van der Waals surface area contributed by atoms with E-state index >= 15 is 0 Å². The number of esters is 1. The van der Waals surface area contributed by atoms with Gasteiger partial charge in [0.05, 0.1) is 12.5 Å². The fraction of sp³-hybridized carbons (Fsp3) is 0.850. The molecule has 0 aliphatic carbocycles. The molecule has 160 valence electrons. The number of ether oxygens (including phenoxy) is 1. The number of carbonyl (C=O) groups excluding carboxylic acids is 1. The molecule has 2 nitrogen and oxygen atoms in total. The molecule has 0 bridgehead atoms. The van der Waals surface area contributed by atoms with E-state index in [1.807, 2.05) is 6.08 Å². The van der Waals surface area contributed by atoms with Crippen LogP contribution in [0.4, 0.5) is 22.0 Å². The van der Waals surface area contributed by atoms with Crippen LogP contribution in [-0.2, 0) is 9.53 Å². The summed E-state index contributed by atoms with van der Waals surface area (Å²) in [6.07, 6.45) is 2.88. The molecular weight excluding hydrogens is 367 g/mol. The van der Waals surface area contributed by atoms with Gasteiger partial charge in [0.1, 0.15) is 0 Å². The van der Waals surface area contributed by atoms with Gasteiger partial charge in [-0.25, -0.2) is 0 Å². The van der Waals surface area contributed by atoms with E-state index in [-0.39, 0.29) is 18.3 Å². The van der Waals surface area contributed by atoms with Crippen molar-refractivity contribution in [1.29, 1.82) is 0 Å². The van der Waals surface area contributed by atoms with Crippen LogP contribution in [0.3, 0.4) is 0 Å². The third-order valence-corrected chi connectivity index (χ3v) is 4.54. The highest BCUT2D eigenvalue weighted by Gasteiger charge is 2.56. The molecule has 0 aromatic carbocycles. The van der Waals surface area contributed by atoms with Crippen molar-refractivity contribution < 1.29 is 31.5 Å². The molecule has 0 aliphatic rings. The molecule has 27 heavy (non-hydrogen) atoms. The lowest BCUT2D eigenvalue weighted by molar-refractivity contribution is -0.284. The van der Waals surface area contributed by atoms with Gasteiger partial charge < -0.3 is 4.74 Å². The second-order valence-electron chi connectivity index (χ2n) is 6.88. The topological polar surface area (TPSA) is 26.3 Å². The Morgan fingerprint density at radius 1 is 0.926 bits per heavy atom. The number of alkyl halides is 5. The first-order valence-electron chi connectivity index (χ1n) is 9.87. The Bertz CT molecular complexity index is 408. The predicted molar refractivity (Wildman–Crippen MR) is 96.7 cm³/mol. The summed E-state index contributed by atoms with van der Waals surface area (Å²) in [5.74, 6) is -5.08. The van der Waals surface area contributed by atoms with Crippen molar-refractivity contribution in [1.82, 2.24) is 0 Å². The van der Waals surface area contributed by atoms with Crippen LogP contribution < -0.4 is 0 Å². The Balaban J connectivity index is 4.07. The van der Waals surface area contributed by atoms with Gasteiger partial charge in [-0.2, -0.15) is 22.0 Å². The number of unbranched alkanes of at least 4 members (excludes halogenated alkanes) is 7. The maximum absolute atomic E-state index is 12.8. The summed E-state index contributed by atoms with van der Waals surface area (Å²) in [7, 11) is 0. The van der Waals surface area contributed by atoms with Crippen molar-refractivity contribution in [3.05, 3.63) is 12.7 Å². The van der Waals surface area contributed by atoms with E-state index in [0.717, 1.165) is 38.5 Å². The molecule has 0 saturated carbocycles. The number of hydrogen-bond donors (Lipinski definition) is 0. The van der Waals surface area contributed by atoms with Crippen molar-refractivity contribution in [2.24, 2.45) is 5.92 Å². The molecule has 0 saturated heterocycles. The van der Waals surface area contributed by atoms with Gasteiger partial charge in [0.25, 0.3) is 0 Å². The quantitative estimate of drug-likeness (QED) is 0.118. The molecule has 0 fully saturated rings. The van der Waals surface area contributed by atoms with Gasteiger partial charge in [-0.3, -0.25) is 4.79 Å². The lowest BCUT2D eigenvalue weighted by atomic mass is 9.94. The van der Waals surface area contributed by atoms with Crippen molar-refractivity contribution in [3.63, 3.8) is 0 Å². The monoisotopic (exact) mass is 400 g/mol. The smallest absolute Gasteiger partial charge is 0.453 e. The second kappa shape index (κ2) is 13.9. The molecule has 0 aromatic rings. The molecule has 0 heterocycles. The van der Waals surface area contributed by atoms with Crippen LogP contribution in [-0.4, -0.2) is 24.7 Å². The number of carbonyl (C=O) groups is 1. The van der Waals surface area contributed by atoms with Gasteiger partial charge in [0.15, 0.2) is 0 Å². The van der Waals surface area contributed by atoms with Crippen molar-refractivity contribution in [2.75, 3.05) is 6.61 Å². The van der Waals surface area contributed by atoms with Gasteiger partial charge >= 0.3 is 18.1 Å². The minimum Gasteiger partial charge on any atom is -0.466 e. The van der Waals surface area contributed by atoms with Crippen LogP contribution in [0, 0.1) is 5.92 Å². The third kappa shape index (κ3) is 12.0. The molecule has 0 aliphatic heterocycles. The Kier molecular flexibility index (Phi) is 13.4. The van der Waals surface area contributed by atoms with Crippen LogP contribution >= 0.6 is 0 Å². The lowest BCUT2D eigenvalue weighted by Crippen LogP contribution is -2.36. The lowest BCUT2D eigenvalue weighted by Gasteiger charge is -2.19. The van der Waals surface area contributed by atoms with E-state index in [1.54, 1.807) is 6.92 Å². The highest BCUT2D eigenvalue weighted by molar-refractivity contribution is 5.72. The normalized spacial score (nSPS) is 13.4. The molecular formula is C20H33F5O2. The van der Waals surface area contributed by atoms with Crippen molar-refractivity contribution >= 4 is 5.97 Å². The van der Waals surface area contributed by atoms with Gasteiger partial charge in [0, 0.05) is 6.42 Å². The highest BCUT2D eigenvalue weighted by Crippen LogP contribution is 2.39. The zero-order valence-electron chi connectivity index (χ0n) is 16.3. The maximum Gasteiger partial charge on any atom is 0.453 e. The van der Waals surface area contributed by atoms with Crippen molar-refractivity contribution in [2.45, 2.75) is 96.1 Å². The van der Waals surface area contributed by atoms with Crippen LogP contribution in [0.15, 0.2) is 12.7 Å². The van der Waals surface area contributed by atoms with Crippen LogP contribution in [0.5, 0.6) is 0 Å². The minimum absolute atomic E-state index is 0.181. The SMILES string of the molecule is C=CCCCCCCC(CCCCCCC(F)(F)C(F)(F)F)C(=O)OCC. The van der Waals surface area contributed by atoms with E-state index in [1.165, 1.54) is 0 Å². The van der Waals surface area contributed by atoms with E-state index in [2.05, 4.69) is 6.58 Å². The summed E-state index contributed by atoms with van der Waals surface area (Å²) in [4.78, 5) is 12.0. The van der Waals surface area contributed by atoms with Crippen LogP contribution in [0.1, 0.15) is 84.0 Å². The van der Waals surface area contributed by atoms with Gasteiger partial charge in [-0.05, 0) is 39.0 Å². The third-order valence-electron chi connectivity index (χ3n) is 4.54. The van der Waals surface area contributed by atoms with Gasteiger partial charge in [0.2, 0.25) is 0 Å². The summed E-state index contributed by atoms with van der Waals surface area (Å²) in [6.45, 7) is 5.72. The van der Waals surface area contributed by atoms with Crippen LogP contribution in [0.25, 0.3) is 0 Å². The zero-order valence-corrected chi connectivity index (χ0v) is 16.3. The molecule has 7 heteroatoms. The van der Waals surface area contributed by atoms with Gasteiger partial charge in [-0.15, -0.1) is 6.58 Å². The summed E-state index contributed by atoms with van der Waals surface area (Å²) >= 11 is 0. The van der Waals surface area contributed by atoms with Crippen molar-refractivity contribution in [3.8, 4) is 0 Å². The second-order valence-corrected chi connectivity index (χ2v) is 6.88. The van der Waals surface area contributed by atoms with Gasteiger partial charge in [-0.1, -0.05) is 44.6 Å². The number of rotatable bonds is 16. The largest absolute Gasteiger partial charge is 0.466 e. The number of halogens is 5. The average molecular weight is 400 g/mol. The van der Waals surface area contributed by atoms with E-state index < -0.39 is 18.5 Å². The van der Waals surface area contributed by atoms with E-state index in [4.69, 9.17) is 4.74 Å². The van der Waals surface area contributed by atoms with E-state index in [9.17, 15) is 26.7 Å². The molecule has 1 atom stereocenters. The molecule has 0 aromatic heterocycles. The molecule has 0 radical (unpaired) electrons. The summed E-state index contributed by atoms with van der Waals surface area (Å²) in [5.41, 5.74) is 0. The first-order valence-corrected chi connectivity index (χ1v) is 9.87. The fourth-order valence-corrected chi connectivity index (χ4v) is 2.91. The summed E-state index contributed by atoms with van der Waals surface area (Å²) < 4.78 is 67.0. The summed E-state index contributed by atoms with van der Waals surface area (Å²) in [5, 5.41) is 0.